The van der Waals surface area contributed by atoms with Crippen LogP contribution in [0.4, 0.5) is 5.82 Å². The second kappa shape index (κ2) is 8.45. The van der Waals surface area contributed by atoms with Gasteiger partial charge in [0.25, 0.3) is 5.91 Å². The highest BCUT2D eigenvalue weighted by Crippen LogP contribution is 2.27. The number of hydrogen-bond acceptors (Lipinski definition) is 8. The number of nitrogens with zero attached hydrogens (tertiary/aromatic N) is 4. The lowest BCUT2D eigenvalue weighted by Crippen LogP contribution is -2.28. The van der Waals surface area contributed by atoms with Crippen molar-refractivity contribution in [2.24, 2.45) is 0 Å². The number of nitrogens with one attached hydrogen (secondary N) is 1. The number of anilines is 1. The maximum atomic E-state index is 12.0. The van der Waals surface area contributed by atoms with Crippen LogP contribution in [0.25, 0.3) is 9.88 Å². The molecular weight excluding hydrogens is 382 g/mol. The summed E-state index contributed by atoms with van der Waals surface area (Å²) in [6, 6.07) is 7.67. The molecule has 27 heavy (non-hydrogen) atoms. The third kappa shape index (κ3) is 4.61. The molecular formula is C18H19N5O2S2. The molecule has 0 aromatic carbocycles. The van der Waals surface area contributed by atoms with Crippen LogP contribution >= 0.6 is 22.7 Å². The molecule has 0 radical (unpaired) electrons. The lowest BCUT2D eigenvalue weighted by Gasteiger charge is -2.15. The molecule has 0 unspecified atom stereocenters. The van der Waals surface area contributed by atoms with E-state index in [-0.39, 0.29) is 12.5 Å². The molecule has 3 aromatic heterocycles. The van der Waals surface area contributed by atoms with Crippen LogP contribution in [0.5, 0.6) is 5.88 Å². The zero-order valence-corrected chi connectivity index (χ0v) is 16.3. The van der Waals surface area contributed by atoms with E-state index in [0.29, 0.717) is 12.4 Å². The van der Waals surface area contributed by atoms with Gasteiger partial charge in [-0.25, -0.2) is 4.98 Å². The number of rotatable bonds is 7. The van der Waals surface area contributed by atoms with Gasteiger partial charge in [0.2, 0.25) is 5.88 Å². The van der Waals surface area contributed by atoms with Gasteiger partial charge in [0.1, 0.15) is 5.01 Å². The fourth-order valence-electron chi connectivity index (χ4n) is 2.79. The normalized spacial score (nSPS) is 13.7. The van der Waals surface area contributed by atoms with Crippen molar-refractivity contribution in [3.8, 4) is 15.8 Å². The van der Waals surface area contributed by atoms with Crippen molar-refractivity contribution in [1.82, 2.24) is 20.5 Å². The van der Waals surface area contributed by atoms with E-state index in [9.17, 15) is 4.79 Å². The standard InChI is InChI=1S/C18H19N5O2S2/c24-16(19-10-13-12-27-18(20-13)14-4-3-9-26-14)11-25-17-6-5-15(21-22-17)23-7-1-2-8-23/h3-6,9,12H,1-2,7-8,10-11H2,(H,19,24). The average molecular weight is 402 g/mol. The van der Waals surface area contributed by atoms with Gasteiger partial charge in [0.15, 0.2) is 12.4 Å². The van der Waals surface area contributed by atoms with Gasteiger partial charge in [0.05, 0.1) is 17.1 Å². The van der Waals surface area contributed by atoms with Crippen molar-refractivity contribution in [2.75, 3.05) is 24.6 Å². The smallest absolute Gasteiger partial charge is 0.258 e. The zero-order valence-electron chi connectivity index (χ0n) is 14.6. The number of carbonyl (C=O) groups is 1. The number of carbonyl (C=O) groups excluding carboxylic acids is 1. The van der Waals surface area contributed by atoms with Crippen LogP contribution in [0.15, 0.2) is 35.0 Å². The molecule has 9 heteroatoms. The molecule has 0 atom stereocenters. The highest BCUT2D eigenvalue weighted by Gasteiger charge is 2.14. The number of thiophene rings is 1. The van der Waals surface area contributed by atoms with E-state index in [2.05, 4.69) is 25.4 Å². The topological polar surface area (TPSA) is 80.2 Å². The van der Waals surface area contributed by atoms with E-state index in [1.807, 2.05) is 29.0 Å². The van der Waals surface area contributed by atoms with Crippen LogP contribution in [-0.4, -0.2) is 40.8 Å². The van der Waals surface area contributed by atoms with Gasteiger partial charge in [-0.2, -0.15) is 0 Å². The van der Waals surface area contributed by atoms with Gasteiger partial charge in [0, 0.05) is 24.5 Å². The summed E-state index contributed by atoms with van der Waals surface area (Å²) in [5.41, 5.74) is 0.839. The highest BCUT2D eigenvalue weighted by molar-refractivity contribution is 7.20. The Balaban J connectivity index is 1.23. The van der Waals surface area contributed by atoms with Crippen molar-refractivity contribution in [3.05, 3.63) is 40.7 Å². The van der Waals surface area contributed by atoms with E-state index in [1.165, 1.54) is 12.8 Å². The molecule has 7 nitrogen and oxygen atoms in total. The molecule has 0 spiro atoms. The Morgan fingerprint density at radius 1 is 1.19 bits per heavy atom. The van der Waals surface area contributed by atoms with Crippen molar-refractivity contribution in [3.63, 3.8) is 0 Å². The fourth-order valence-corrected chi connectivity index (χ4v) is 4.42. The Kier molecular flexibility index (Phi) is 5.59. The van der Waals surface area contributed by atoms with Crippen molar-refractivity contribution in [1.29, 1.82) is 0 Å². The lowest BCUT2D eigenvalue weighted by molar-refractivity contribution is -0.123. The maximum absolute atomic E-state index is 12.0. The third-order valence-electron chi connectivity index (χ3n) is 4.16. The van der Waals surface area contributed by atoms with E-state index < -0.39 is 0 Å². The van der Waals surface area contributed by atoms with Gasteiger partial charge in [-0.3, -0.25) is 4.79 Å². The van der Waals surface area contributed by atoms with Crippen LogP contribution in [0.1, 0.15) is 18.5 Å². The molecule has 1 amide bonds. The summed E-state index contributed by atoms with van der Waals surface area (Å²) < 4.78 is 5.42. The Bertz CT molecular complexity index is 874. The Hall–Kier alpha value is -2.52. The summed E-state index contributed by atoms with van der Waals surface area (Å²) in [4.78, 5) is 19.9. The lowest BCUT2D eigenvalue weighted by atomic mass is 10.4. The number of aromatic nitrogens is 3. The van der Waals surface area contributed by atoms with Crippen molar-refractivity contribution < 1.29 is 9.53 Å². The van der Waals surface area contributed by atoms with E-state index in [4.69, 9.17) is 4.74 Å². The van der Waals surface area contributed by atoms with E-state index >= 15 is 0 Å². The summed E-state index contributed by atoms with van der Waals surface area (Å²) in [6.45, 7) is 2.31. The molecule has 3 aromatic rings. The molecule has 1 aliphatic heterocycles. The molecule has 0 saturated carbocycles. The number of thiazole rings is 1. The maximum Gasteiger partial charge on any atom is 0.258 e. The van der Waals surface area contributed by atoms with Gasteiger partial charge in [-0.05, 0) is 30.4 Å². The third-order valence-corrected chi connectivity index (χ3v) is 6.09. The first-order valence-electron chi connectivity index (χ1n) is 8.74. The molecule has 1 fully saturated rings. The van der Waals surface area contributed by atoms with Gasteiger partial charge >= 0.3 is 0 Å². The van der Waals surface area contributed by atoms with Gasteiger partial charge < -0.3 is 15.0 Å². The van der Waals surface area contributed by atoms with Crippen LogP contribution in [0.3, 0.4) is 0 Å². The zero-order chi connectivity index (χ0) is 18.5. The van der Waals surface area contributed by atoms with Crippen LogP contribution in [-0.2, 0) is 11.3 Å². The van der Waals surface area contributed by atoms with E-state index in [1.54, 1.807) is 28.7 Å². The molecule has 1 saturated heterocycles. The summed E-state index contributed by atoms with van der Waals surface area (Å²) in [7, 11) is 0. The second-order valence-corrected chi connectivity index (χ2v) is 7.92. The minimum Gasteiger partial charge on any atom is -0.466 e. The minimum atomic E-state index is -0.217. The van der Waals surface area contributed by atoms with Gasteiger partial charge in [-0.1, -0.05) is 6.07 Å². The van der Waals surface area contributed by atoms with Crippen molar-refractivity contribution >= 4 is 34.4 Å². The molecule has 140 valence electrons. The van der Waals surface area contributed by atoms with E-state index in [0.717, 1.165) is 34.5 Å². The predicted octanol–water partition coefficient (Wildman–Crippen LogP) is 2.96. The SMILES string of the molecule is O=C(COc1ccc(N2CCCC2)nn1)NCc1csc(-c2cccs2)n1. The molecule has 1 aliphatic rings. The molecule has 4 heterocycles. The summed E-state index contributed by atoms with van der Waals surface area (Å²) >= 11 is 3.23. The first-order valence-corrected chi connectivity index (χ1v) is 10.5. The Morgan fingerprint density at radius 2 is 2.07 bits per heavy atom. The number of hydrogen-bond donors (Lipinski definition) is 1. The molecule has 0 aliphatic carbocycles. The molecule has 1 N–H and O–H groups in total. The minimum absolute atomic E-state index is 0.0976. The highest BCUT2D eigenvalue weighted by atomic mass is 32.1. The summed E-state index contributed by atoms with van der Waals surface area (Å²) in [6.07, 6.45) is 2.38. The fraction of sp³-hybridized carbons (Fsp3) is 0.333. The van der Waals surface area contributed by atoms with Crippen LogP contribution in [0, 0.1) is 0 Å². The largest absolute Gasteiger partial charge is 0.466 e. The Labute approximate surface area is 165 Å². The summed E-state index contributed by atoms with van der Waals surface area (Å²) in [5, 5.41) is 16.0. The quantitative estimate of drug-likeness (QED) is 0.656. The average Bonchev–Trinajstić information content (AvgIpc) is 3.47. The number of amides is 1. The van der Waals surface area contributed by atoms with Crippen LogP contribution < -0.4 is 15.0 Å². The van der Waals surface area contributed by atoms with Crippen LogP contribution in [0.2, 0.25) is 0 Å². The number of ether oxygens (including phenoxy) is 1. The molecule has 0 bridgehead atoms. The molecule has 4 rings (SSSR count). The van der Waals surface area contributed by atoms with Crippen molar-refractivity contribution in [2.45, 2.75) is 19.4 Å². The summed E-state index contributed by atoms with van der Waals surface area (Å²) in [5.74, 6) is 0.988. The predicted molar refractivity (Wildman–Crippen MR) is 106 cm³/mol. The Morgan fingerprint density at radius 3 is 2.81 bits per heavy atom. The second-order valence-electron chi connectivity index (χ2n) is 6.11. The first-order chi connectivity index (χ1) is 13.3. The van der Waals surface area contributed by atoms with Gasteiger partial charge in [-0.15, -0.1) is 32.9 Å². The monoisotopic (exact) mass is 401 g/mol. The first kappa shape index (κ1) is 17.9.